The number of hydrogen-bond donors (Lipinski definition) is 1. The minimum Gasteiger partial charge on any atom is -0.378 e. The molecule has 1 saturated heterocycles. The minimum atomic E-state index is 0.506. The standard InChI is InChI=1S/C18H36N2O/c1-5-9-19-17-13-14(3)12-15(4)18(17)20-10-7-16(8-11-20)21-6-2/h14-19H,5-13H2,1-4H3. The van der Waals surface area contributed by atoms with E-state index in [0.29, 0.717) is 12.1 Å². The van der Waals surface area contributed by atoms with Crippen LogP contribution in [0.4, 0.5) is 0 Å². The van der Waals surface area contributed by atoms with E-state index in [1.807, 2.05) is 0 Å². The van der Waals surface area contributed by atoms with E-state index in [1.54, 1.807) is 0 Å². The Bertz CT molecular complexity index is 289. The Morgan fingerprint density at radius 3 is 2.43 bits per heavy atom. The third-order valence-electron chi connectivity index (χ3n) is 5.38. The maximum absolute atomic E-state index is 5.81. The second kappa shape index (κ2) is 8.50. The van der Waals surface area contributed by atoms with Crippen LogP contribution < -0.4 is 5.32 Å². The van der Waals surface area contributed by atoms with Gasteiger partial charge in [-0.3, -0.25) is 4.90 Å². The Morgan fingerprint density at radius 1 is 1.10 bits per heavy atom. The molecule has 0 aromatic heterocycles. The third-order valence-corrected chi connectivity index (χ3v) is 5.38. The molecule has 21 heavy (non-hydrogen) atoms. The molecule has 0 amide bonds. The van der Waals surface area contributed by atoms with Crippen LogP contribution in [0.2, 0.25) is 0 Å². The Morgan fingerprint density at radius 2 is 1.81 bits per heavy atom. The van der Waals surface area contributed by atoms with Gasteiger partial charge in [0.1, 0.15) is 0 Å². The van der Waals surface area contributed by atoms with E-state index in [9.17, 15) is 0 Å². The van der Waals surface area contributed by atoms with Gasteiger partial charge in [-0.05, 0) is 57.4 Å². The molecule has 1 N–H and O–H groups in total. The molecule has 4 atom stereocenters. The molecule has 3 nitrogen and oxygen atoms in total. The van der Waals surface area contributed by atoms with E-state index in [-0.39, 0.29) is 0 Å². The molecule has 0 aromatic carbocycles. The lowest BCUT2D eigenvalue weighted by atomic mass is 9.75. The Labute approximate surface area is 131 Å². The highest BCUT2D eigenvalue weighted by Crippen LogP contribution is 2.34. The minimum absolute atomic E-state index is 0.506. The van der Waals surface area contributed by atoms with Crippen molar-refractivity contribution in [1.82, 2.24) is 10.2 Å². The van der Waals surface area contributed by atoms with Crippen LogP contribution in [-0.2, 0) is 4.74 Å². The van der Waals surface area contributed by atoms with Crippen molar-refractivity contribution >= 4 is 0 Å². The normalized spacial score (nSPS) is 36.0. The summed E-state index contributed by atoms with van der Waals surface area (Å²) < 4.78 is 5.81. The zero-order chi connectivity index (χ0) is 15.2. The van der Waals surface area contributed by atoms with Crippen molar-refractivity contribution in [3.63, 3.8) is 0 Å². The average molecular weight is 296 g/mol. The van der Waals surface area contributed by atoms with Crippen molar-refractivity contribution in [2.75, 3.05) is 26.2 Å². The van der Waals surface area contributed by atoms with E-state index in [4.69, 9.17) is 4.74 Å². The molecule has 2 aliphatic rings. The highest BCUT2D eigenvalue weighted by Gasteiger charge is 2.38. The molecule has 0 bridgehead atoms. The van der Waals surface area contributed by atoms with Crippen molar-refractivity contribution in [2.24, 2.45) is 11.8 Å². The van der Waals surface area contributed by atoms with Gasteiger partial charge in [-0.2, -0.15) is 0 Å². The van der Waals surface area contributed by atoms with Gasteiger partial charge in [-0.1, -0.05) is 20.8 Å². The molecule has 124 valence electrons. The third kappa shape index (κ3) is 4.67. The Kier molecular flexibility index (Phi) is 6.97. The summed E-state index contributed by atoms with van der Waals surface area (Å²) >= 11 is 0. The number of likely N-dealkylation sites (tertiary alicyclic amines) is 1. The Balaban J connectivity index is 1.94. The van der Waals surface area contributed by atoms with Crippen molar-refractivity contribution in [1.29, 1.82) is 0 Å². The molecule has 1 aliphatic heterocycles. The van der Waals surface area contributed by atoms with Gasteiger partial charge < -0.3 is 10.1 Å². The average Bonchev–Trinajstić information content (AvgIpc) is 2.46. The van der Waals surface area contributed by atoms with Crippen molar-refractivity contribution in [3.05, 3.63) is 0 Å². The molecule has 1 saturated carbocycles. The number of hydrogen-bond acceptors (Lipinski definition) is 3. The second-order valence-corrected chi connectivity index (χ2v) is 7.30. The zero-order valence-electron chi connectivity index (χ0n) is 14.6. The number of piperidine rings is 1. The second-order valence-electron chi connectivity index (χ2n) is 7.30. The molecule has 3 heteroatoms. The molecule has 2 rings (SSSR count). The lowest BCUT2D eigenvalue weighted by molar-refractivity contribution is -0.0197. The van der Waals surface area contributed by atoms with Crippen LogP contribution in [0.25, 0.3) is 0 Å². The van der Waals surface area contributed by atoms with E-state index >= 15 is 0 Å². The predicted molar refractivity (Wildman–Crippen MR) is 89.7 cm³/mol. The monoisotopic (exact) mass is 296 g/mol. The van der Waals surface area contributed by atoms with Gasteiger partial charge in [-0.25, -0.2) is 0 Å². The smallest absolute Gasteiger partial charge is 0.0599 e. The molecule has 1 heterocycles. The quantitative estimate of drug-likeness (QED) is 0.814. The molecule has 2 fully saturated rings. The predicted octanol–water partition coefficient (Wildman–Crippen LogP) is 3.29. The van der Waals surface area contributed by atoms with E-state index in [1.165, 1.54) is 45.2 Å². The molecular weight excluding hydrogens is 260 g/mol. The van der Waals surface area contributed by atoms with Crippen molar-refractivity contribution in [2.45, 2.75) is 78.0 Å². The number of ether oxygens (including phenoxy) is 1. The maximum atomic E-state index is 5.81. The van der Waals surface area contributed by atoms with Crippen LogP contribution in [0.5, 0.6) is 0 Å². The van der Waals surface area contributed by atoms with Gasteiger partial charge >= 0.3 is 0 Å². The van der Waals surface area contributed by atoms with Gasteiger partial charge in [-0.15, -0.1) is 0 Å². The van der Waals surface area contributed by atoms with E-state index < -0.39 is 0 Å². The van der Waals surface area contributed by atoms with E-state index in [0.717, 1.165) is 31.0 Å². The summed E-state index contributed by atoms with van der Waals surface area (Å²) in [6.45, 7) is 13.7. The van der Waals surface area contributed by atoms with Crippen molar-refractivity contribution < 1.29 is 4.74 Å². The first-order valence-corrected chi connectivity index (χ1v) is 9.24. The first kappa shape index (κ1) is 17.2. The lowest BCUT2D eigenvalue weighted by Gasteiger charge is -2.48. The molecule has 0 radical (unpaired) electrons. The van der Waals surface area contributed by atoms with E-state index in [2.05, 4.69) is 37.9 Å². The molecular formula is C18H36N2O. The first-order chi connectivity index (χ1) is 10.2. The first-order valence-electron chi connectivity index (χ1n) is 9.24. The summed E-state index contributed by atoms with van der Waals surface area (Å²) in [5.74, 6) is 1.68. The fourth-order valence-corrected chi connectivity index (χ4v) is 4.56. The summed E-state index contributed by atoms with van der Waals surface area (Å²) in [6, 6.07) is 1.42. The number of nitrogens with one attached hydrogen (secondary N) is 1. The largest absolute Gasteiger partial charge is 0.378 e. The van der Waals surface area contributed by atoms with Crippen molar-refractivity contribution in [3.8, 4) is 0 Å². The van der Waals surface area contributed by atoms with Crippen LogP contribution in [0.3, 0.4) is 0 Å². The highest BCUT2D eigenvalue weighted by molar-refractivity contribution is 4.95. The Hall–Kier alpha value is -0.120. The van der Waals surface area contributed by atoms with Crippen LogP contribution in [0.1, 0.15) is 59.8 Å². The van der Waals surface area contributed by atoms with Crippen LogP contribution in [-0.4, -0.2) is 49.3 Å². The van der Waals surface area contributed by atoms with Gasteiger partial charge in [0.2, 0.25) is 0 Å². The summed E-state index contributed by atoms with van der Waals surface area (Å²) in [5.41, 5.74) is 0. The number of rotatable bonds is 6. The maximum Gasteiger partial charge on any atom is 0.0599 e. The van der Waals surface area contributed by atoms with Gasteiger partial charge in [0, 0.05) is 31.8 Å². The molecule has 0 aromatic rings. The zero-order valence-corrected chi connectivity index (χ0v) is 14.6. The summed E-state index contributed by atoms with van der Waals surface area (Å²) in [5, 5.41) is 3.84. The summed E-state index contributed by atoms with van der Waals surface area (Å²) in [6.07, 6.45) is 6.91. The van der Waals surface area contributed by atoms with Crippen LogP contribution >= 0.6 is 0 Å². The summed E-state index contributed by atoms with van der Waals surface area (Å²) in [7, 11) is 0. The fourth-order valence-electron chi connectivity index (χ4n) is 4.56. The SMILES string of the molecule is CCCNC1CC(C)CC(C)C1N1CCC(OCC)CC1. The molecule has 1 aliphatic carbocycles. The van der Waals surface area contributed by atoms with Gasteiger partial charge in [0.05, 0.1) is 6.10 Å². The van der Waals surface area contributed by atoms with Crippen LogP contribution in [0, 0.1) is 11.8 Å². The number of nitrogens with zero attached hydrogens (tertiary/aromatic N) is 1. The molecule has 4 unspecified atom stereocenters. The fraction of sp³-hybridized carbons (Fsp3) is 1.00. The molecule has 0 spiro atoms. The van der Waals surface area contributed by atoms with Gasteiger partial charge in [0.25, 0.3) is 0 Å². The lowest BCUT2D eigenvalue weighted by Crippen LogP contribution is -2.58. The highest BCUT2D eigenvalue weighted by atomic mass is 16.5. The topological polar surface area (TPSA) is 24.5 Å². The van der Waals surface area contributed by atoms with Gasteiger partial charge in [0.15, 0.2) is 0 Å². The van der Waals surface area contributed by atoms with Crippen LogP contribution in [0.15, 0.2) is 0 Å². The summed E-state index contributed by atoms with van der Waals surface area (Å²) in [4.78, 5) is 2.76.